The van der Waals surface area contributed by atoms with Crippen LogP contribution in [0.2, 0.25) is 0 Å². The number of nitrogens with one attached hydrogen (secondary N) is 1. The normalized spacial score (nSPS) is 22.8. The maximum absolute atomic E-state index is 13.5. The molecule has 1 saturated heterocycles. The van der Waals surface area contributed by atoms with Gasteiger partial charge in [0.15, 0.2) is 0 Å². The van der Waals surface area contributed by atoms with Gasteiger partial charge in [0.2, 0.25) is 0 Å². The number of benzene rings is 1. The molecule has 20 heavy (non-hydrogen) atoms. The van der Waals surface area contributed by atoms with Gasteiger partial charge in [0.1, 0.15) is 5.82 Å². The first kappa shape index (κ1) is 15.3. The molecule has 1 fully saturated rings. The molecule has 112 valence electrons. The fourth-order valence-corrected chi connectivity index (χ4v) is 3.08. The standard InChI is InChI=1S/C16H26FN3/c1-5-18-9-13-8-14(17)6-7-15(13)20-10-12(2)16(11-20)19(3)4/h6-8,12,16,18H,5,9-11H2,1-4H3. The molecule has 2 atom stereocenters. The molecule has 4 heteroatoms. The molecule has 2 unspecified atom stereocenters. The third-order valence-corrected chi connectivity index (χ3v) is 4.18. The van der Waals surface area contributed by atoms with Crippen LogP contribution in [0, 0.1) is 11.7 Å². The second-order valence-electron chi connectivity index (χ2n) is 5.97. The highest BCUT2D eigenvalue weighted by Gasteiger charge is 2.31. The number of nitrogens with zero attached hydrogens (tertiary/aromatic N) is 2. The van der Waals surface area contributed by atoms with Crippen molar-refractivity contribution in [2.75, 3.05) is 38.6 Å². The Morgan fingerprint density at radius 2 is 2.10 bits per heavy atom. The van der Waals surface area contributed by atoms with E-state index < -0.39 is 0 Å². The zero-order chi connectivity index (χ0) is 14.7. The van der Waals surface area contributed by atoms with Gasteiger partial charge in [-0.15, -0.1) is 0 Å². The smallest absolute Gasteiger partial charge is 0.123 e. The highest BCUT2D eigenvalue weighted by atomic mass is 19.1. The maximum Gasteiger partial charge on any atom is 0.123 e. The van der Waals surface area contributed by atoms with Gasteiger partial charge in [-0.2, -0.15) is 0 Å². The van der Waals surface area contributed by atoms with Gasteiger partial charge in [0.25, 0.3) is 0 Å². The Balaban J connectivity index is 2.20. The van der Waals surface area contributed by atoms with Crippen molar-refractivity contribution >= 4 is 5.69 Å². The Bertz CT molecular complexity index is 447. The van der Waals surface area contributed by atoms with Crippen LogP contribution in [-0.4, -0.2) is 44.7 Å². The van der Waals surface area contributed by atoms with E-state index in [0.717, 1.165) is 31.7 Å². The Hall–Kier alpha value is -1.13. The first-order valence-corrected chi connectivity index (χ1v) is 7.43. The van der Waals surface area contributed by atoms with Crippen molar-refractivity contribution in [3.8, 4) is 0 Å². The van der Waals surface area contributed by atoms with E-state index in [2.05, 4.69) is 43.1 Å². The minimum absolute atomic E-state index is 0.155. The molecule has 0 saturated carbocycles. The van der Waals surface area contributed by atoms with Gasteiger partial charge in [-0.25, -0.2) is 4.39 Å². The number of halogens is 1. The van der Waals surface area contributed by atoms with Crippen LogP contribution in [0.4, 0.5) is 10.1 Å². The fraction of sp³-hybridized carbons (Fsp3) is 0.625. The number of hydrogen-bond acceptors (Lipinski definition) is 3. The summed E-state index contributed by atoms with van der Waals surface area (Å²) < 4.78 is 13.5. The van der Waals surface area contributed by atoms with Crippen LogP contribution in [0.1, 0.15) is 19.4 Å². The Morgan fingerprint density at radius 1 is 1.35 bits per heavy atom. The van der Waals surface area contributed by atoms with Crippen molar-refractivity contribution < 1.29 is 4.39 Å². The highest BCUT2D eigenvalue weighted by Crippen LogP contribution is 2.29. The Labute approximate surface area is 121 Å². The quantitative estimate of drug-likeness (QED) is 0.892. The summed E-state index contributed by atoms with van der Waals surface area (Å²) in [4.78, 5) is 4.68. The molecule has 0 bridgehead atoms. The molecule has 1 aliphatic heterocycles. The minimum Gasteiger partial charge on any atom is -0.369 e. The first-order valence-electron chi connectivity index (χ1n) is 7.43. The van der Waals surface area contributed by atoms with E-state index in [9.17, 15) is 4.39 Å². The van der Waals surface area contributed by atoms with Crippen LogP contribution in [0.15, 0.2) is 18.2 Å². The average Bonchev–Trinajstić information content (AvgIpc) is 2.78. The molecule has 1 aliphatic rings. The Kier molecular flexibility index (Phi) is 5.00. The molecule has 0 amide bonds. The third-order valence-electron chi connectivity index (χ3n) is 4.18. The molecule has 1 N–H and O–H groups in total. The number of anilines is 1. The van der Waals surface area contributed by atoms with Gasteiger partial charge in [0.05, 0.1) is 0 Å². The molecule has 3 nitrogen and oxygen atoms in total. The summed E-state index contributed by atoms with van der Waals surface area (Å²) in [7, 11) is 4.27. The minimum atomic E-state index is -0.155. The van der Waals surface area contributed by atoms with E-state index >= 15 is 0 Å². The lowest BCUT2D eigenvalue weighted by atomic mass is 10.1. The predicted molar refractivity (Wildman–Crippen MR) is 82.6 cm³/mol. The number of likely N-dealkylation sites (N-methyl/N-ethyl adjacent to an activating group) is 1. The Morgan fingerprint density at radius 3 is 2.70 bits per heavy atom. The van der Waals surface area contributed by atoms with Crippen LogP contribution in [0.3, 0.4) is 0 Å². The predicted octanol–water partition coefficient (Wildman–Crippen LogP) is 2.32. The lowest BCUT2D eigenvalue weighted by Gasteiger charge is -2.24. The van der Waals surface area contributed by atoms with Crippen LogP contribution in [-0.2, 0) is 6.54 Å². The number of rotatable bonds is 5. The molecule has 1 aromatic carbocycles. The van der Waals surface area contributed by atoms with Gasteiger partial charge in [-0.3, -0.25) is 0 Å². The van der Waals surface area contributed by atoms with Gasteiger partial charge in [-0.1, -0.05) is 13.8 Å². The van der Waals surface area contributed by atoms with E-state index in [-0.39, 0.29) is 5.82 Å². The van der Waals surface area contributed by atoms with Crippen LogP contribution >= 0.6 is 0 Å². The molecule has 0 spiro atoms. The fourth-order valence-electron chi connectivity index (χ4n) is 3.08. The van der Waals surface area contributed by atoms with Crippen molar-refractivity contribution in [1.29, 1.82) is 0 Å². The van der Waals surface area contributed by atoms with E-state index in [0.29, 0.717) is 12.0 Å². The molecule has 1 aromatic rings. The summed E-state index contributed by atoms with van der Waals surface area (Å²) in [6.45, 7) is 8.03. The largest absolute Gasteiger partial charge is 0.369 e. The molecule has 0 aliphatic carbocycles. The molecule has 0 radical (unpaired) electrons. The summed E-state index contributed by atoms with van der Waals surface area (Å²) in [6.07, 6.45) is 0. The summed E-state index contributed by atoms with van der Waals surface area (Å²) >= 11 is 0. The van der Waals surface area contributed by atoms with Crippen LogP contribution in [0.5, 0.6) is 0 Å². The van der Waals surface area contributed by atoms with Crippen molar-refractivity contribution in [3.63, 3.8) is 0 Å². The van der Waals surface area contributed by atoms with Crippen LogP contribution < -0.4 is 10.2 Å². The second-order valence-corrected chi connectivity index (χ2v) is 5.97. The summed E-state index contributed by atoms with van der Waals surface area (Å²) in [5, 5.41) is 3.30. The van der Waals surface area contributed by atoms with E-state index in [1.165, 1.54) is 5.69 Å². The zero-order valence-electron chi connectivity index (χ0n) is 13.0. The first-order chi connectivity index (χ1) is 9.52. The van der Waals surface area contributed by atoms with Gasteiger partial charge in [-0.05, 0) is 50.3 Å². The third kappa shape index (κ3) is 3.30. The SMILES string of the molecule is CCNCc1cc(F)ccc1N1CC(C)C(N(C)C)C1. The van der Waals surface area contributed by atoms with E-state index in [1.54, 1.807) is 12.1 Å². The molecular weight excluding hydrogens is 253 g/mol. The number of hydrogen-bond donors (Lipinski definition) is 1. The molecule has 0 aromatic heterocycles. The maximum atomic E-state index is 13.5. The van der Waals surface area contributed by atoms with Crippen molar-refractivity contribution in [3.05, 3.63) is 29.6 Å². The second kappa shape index (κ2) is 6.55. The van der Waals surface area contributed by atoms with Gasteiger partial charge >= 0.3 is 0 Å². The summed E-state index contributed by atoms with van der Waals surface area (Å²) in [6, 6.07) is 5.71. The van der Waals surface area contributed by atoms with Gasteiger partial charge in [0, 0.05) is 31.4 Å². The summed E-state index contributed by atoms with van der Waals surface area (Å²) in [5.41, 5.74) is 2.22. The van der Waals surface area contributed by atoms with Gasteiger partial charge < -0.3 is 15.1 Å². The molecular formula is C16H26FN3. The molecule has 2 rings (SSSR count). The van der Waals surface area contributed by atoms with Crippen molar-refractivity contribution in [1.82, 2.24) is 10.2 Å². The summed E-state index contributed by atoms with van der Waals surface area (Å²) in [5.74, 6) is 0.472. The average molecular weight is 279 g/mol. The zero-order valence-corrected chi connectivity index (χ0v) is 13.0. The lowest BCUT2D eigenvalue weighted by Crippen LogP contribution is -2.34. The van der Waals surface area contributed by atoms with Crippen LogP contribution in [0.25, 0.3) is 0 Å². The van der Waals surface area contributed by atoms with Crippen molar-refractivity contribution in [2.45, 2.75) is 26.4 Å². The van der Waals surface area contributed by atoms with E-state index in [1.807, 2.05) is 6.07 Å². The molecule has 1 heterocycles. The van der Waals surface area contributed by atoms with E-state index in [4.69, 9.17) is 0 Å². The highest BCUT2D eigenvalue weighted by molar-refractivity contribution is 5.55. The topological polar surface area (TPSA) is 18.5 Å². The van der Waals surface area contributed by atoms with Crippen molar-refractivity contribution in [2.24, 2.45) is 5.92 Å². The lowest BCUT2D eigenvalue weighted by molar-refractivity contribution is 0.266. The monoisotopic (exact) mass is 279 g/mol.